The maximum Gasteiger partial charge on any atom is 0.387 e. The van der Waals surface area contributed by atoms with E-state index in [1.807, 2.05) is 6.07 Å². The minimum absolute atomic E-state index is 0.110. The third-order valence-electron chi connectivity index (χ3n) is 2.54. The third kappa shape index (κ3) is 3.65. The highest BCUT2D eigenvalue weighted by molar-refractivity contribution is 5.51. The maximum atomic E-state index is 12.0. The molecule has 0 atom stereocenters. The van der Waals surface area contributed by atoms with Gasteiger partial charge in [0.2, 0.25) is 0 Å². The van der Waals surface area contributed by atoms with Gasteiger partial charge in [0.1, 0.15) is 17.6 Å². The van der Waals surface area contributed by atoms with E-state index in [-0.39, 0.29) is 5.75 Å². The van der Waals surface area contributed by atoms with Gasteiger partial charge in [0.25, 0.3) is 0 Å². The Morgan fingerprint density at radius 3 is 2.65 bits per heavy atom. The normalized spacial score (nSPS) is 10.1. The number of nitrogens with one attached hydrogen (secondary N) is 1. The van der Waals surface area contributed by atoms with Crippen LogP contribution in [0.15, 0.2) is 42.6 Å². The van der Waals surface area contributed by atoms with Crippen molar-refractivity contribution in [2.24, 2.45) is 0 Å². The first-order valence-corrected chi connectivity index (χ1v) is 5.82. The van der Waals surface area contributed by atoms with E-state index in [2.05, 4.69) is 15.0 Å². The molecule has 0 unspecified atom stereocenters. The number of hydrogen-bond donors (Lipinski definition) is 1. The highest BCUT2D eigenvalue weighted by Gasteiger charge is 2.04. The van der Waals surface area contributed by atoms with Crippen LogP contribution in [-0.2, 0) is 6.54 Å². The van der Waals surface area contributed by atoms with Crippen LogP contribution < -0.4 is 10.1 Å². The SMILES string of the molecule is N#Cc1cccnc1NCc1ccc(OC(F)F)cc1. The van der Waals surface area contributed by atoms with Crippen molar-refractivity contribution in [2.75, 3.05) is 5.32 Å². The van der Waals surface area contributed by atoms with Crippen LogP contribution in [0, 0.1) is 11.3 Å². The van der Waals surface area contributed by atoms with Crippen LogP contribution in [0.1, 0.15) is 11.1 Å². The smallest absolute Gasteiger partial charge is 0.387 e. The lowest BCUT2D eigenvalue weighted by molar-refractivity contribution is -0.0498. The third-order valence-corrected chi connectivity index (χ3v) is 2.54. The lowest BCUT2D eigenvalue weighted by atomic mass is 10.2. The maximum absolute atomic E-state index is 12.0. The summed E-state index contributed by atoms with van der Waals surface area (Å²) in [6.45, 7) is -2.40. The van der Waals surface area contributed by atoms with Gasteiger partial charge in [-0.15, -0.1) is 0 Å². The number of rotatable bonds is 5. The minimum atomic E-state index is -2.83. The highest BCUT2D eigenvalue weighted by atomic mass is 19.3. The van der Waals surface area contributed by atoms with Crippen molar-refractivity contribution in [3.05, 3.63) is 53.7 Å². The summed E-state index contributed by atoms with van der Waals surface area (Å²) in [6, 6.07) is 11.6. The number of anilines is 1. The summed E-state index contributed by atoms with van der Waals surface area (Å²) in [5.41, 5.74) is 1.31. The van der Waals surface area contributed by atoms with Crippen molar-refractivity contribution in [3.8, 4) is 11.8 Å². The van der Waals surface area contributed by atoms with Crippen LogP contribution in [0.3, 0.4) is 0 Å². The van der Waals surface area contributed by atoms with E-state index < -0.39 is 6.61 Å². The molecule has 2 aromatic rings. The Morgan fingerprint density at radius 2 is 2.00 bits per heavy atom. The second kappa shape index (κ2) is 6.48. The molecule has 0 bridgehead atoms. The Kier molecular flexibility index (Phi) is 4.45. The molecular formula is C14H11F2N3O. The Labute approximate surface area is 114 Å². The average Bonchev–Trinajstić information content (AvgIpc) is 2.46. The van der Waals surface area contributed by atoms with E-state index in [0.29, 0.717) is 17.9 Å². The summed E-state index contributed by atoms with van der Waals surface area (Å²) in [7, 11) is 0. The second-order valence-corrected chi connectivity index (χ2v) is 3.89. The van der Waals surface area contributed by atoms with Gasteiger partial charge < -0.3 is 10.1 Å². The van der Waals surface area contributed by atoms with E-state index in [0.717, 1.165) is 5.56 Å². The van der Waals surface area contributed by atoms with Crippen LogP contribution in [-0.4, -0.2) is 11.6 Å². The molecular weight excluding hydrogens is 264 g/mol. The number of nitrogens with zero attached hydrogens (tertiary/aromatic N) is 2. The van der Waals surface area contributed by atoms with Gasteiger partial charge in [-0.3, -0.25) is 0 Å². The molecule has 0 aliphatic rings. The highest BCUT2D eigenvalue weighted by Crippen LogP contribution is 2.16. The number of nitriles is 1. The molecule has 1 aromatic heterocycles. The molecule has 0 saturated carbocycles. The Hall–Kier alpha value is -2.68. The zero-order valence-electron chi connectivity index (χ0n) is 10.4. The molecule has 6 heteroatoms. The van der Waals surface area contributed by atoms with Gasteiger partial charge in [-0.1, -0.05) is 12.1 Å². The van der Waals surface area contributed by atoms with Gasteiger partial charge in [-0.2, -0.15) is 14.0 Å². The van der Waals surface area contributed by atoms with E-state index in [1.54, 1.807) is 30.5 Å². The Bertz CT molecular complexity index is 609. The molecule has 2 rings (SSSR count). The van der Waals surface area contributed by atoms with Gasteiger partial charge in [-0.05, 0) is 29.8 Å². The van der Waals surface area contributed by atoms with Crippen LogP contribution in [0.5, 0.6) is 5.75 Å². The quantitative estimate of drug-likeness (QED) is 0.910. The van der Waals surface area contributed by atoms with Crippen molar-refractivity contribution in [1.29, 1.82) is 5.26 Å². The molecule has 0 amide bonds. The van der Waals surface area contributed by atoms with E-state index >= 15 is 0 Å². The summed E-state index contributed by atoms with van der Waals surface area (Å²) >= 11 is 0. The molecule has 0 aliphatic heterocycles. The monoisotopic (exact) mass is 275 g/mol. The number of ether oxygens (including phenoxy) is 1. The Balaban J connectivity index is 1.99. The summed E-state index contributed by atoms with van der Waals surface area (Å²) < 4.78 is 28.3. The lowest BCUT2D eigenvalue weighted by Gasteiger charge is -2.08. The van der Waals surface area contributed by atoms with Gasteiger partial charge in [-0.25, -0.2) is 4.98 Å². The first-order chi connectivity index (χ1) is 9.69. The molecule has 20 heavy (non-hydrogen) atoms. The molecule has 1 heterocycles. The van der Waals surface area contributed by atoms with Crippen molar-refractivity contribution >= 4 is 5.82 Å². The van der Waals surface area contributed by atoms with Crippen LogP contribution in [0.2, 0.25) is 0 Å². The van der Waals surface area contributed by atoms with Gasteiger partial charge in [0.05, 0.1) is 5.56 Å². The molecule has 1 N–H and O–H groups in total. The van der Waals surface area contributed by atoms with Gasteiger partial charge in [0.15, 0.2) is 0 Å². The molecule has 0 radical (unpaired) electrons. The van der Waals surface area contributed by atoms with Crippen LogP contribution in [0.4, 0.5) is 14.6 Å². The zero-order chi connectivity index (χ0) is 14.4. The summed E-state index contributed by atoms with van der Waals surface area (Å²) in [4.78, 5) is 4.06. The first kappa shape index (κ1) is 13.7. The van der Waals surface area contributed by atoms with Gasteiger partial charge in [0, 0.05) is 12.7 Å². The number of benzene rings is 1. The molecule has 0 fully saturated rings. The second-order valence-electron chi connectivity index (χ2n) is 3.89. The fourth-order valence-corrected chi connectivity index (χ4v) is 1.61. The predicted molar refractivity (Wildman–Crippen MR) is 69.4 cm³/mol. The molecule has 0 saturated heterocycles. The lowest BCUT2D eigenvalue weighted by Crippen LogP contribution is -2.04. The molecule has 0 spiro atoms. The number of hydrogen-bond acceptors (Lipinski definition) is 4. The van der Waals surface area contributed by atoms with Crippen molar-refractivity contribution in [3.63, 3.8) is 0 Å². The summed E-state index contributed by atoms with van der Waals surface area (Å²) in [6.07, 6.45) is 1.59. The molecule has 0 aliphatic carbocycles. The fourth-order valence-electron chi connectivity index (χ4n) is 1.61. The number of halogens is 2. The van der Waals surface area contributed by atoms with E-state index in [1.165, 1.54) is 12.1 Å². The largest absolute Gasteiger partial charge is 0.435 e. The fraction of sp³-hybridized carbons (Fsp3) is 0.143. The summed E-state index contributed by atoms with van der Waals surface area (Å²) in [5, 5.41) is 11.9. The Morgan fingerprint density at radius 1 is 1.25 bits per heavy atom. The first-order valence-electron chi connectivity index (χ1n) is 5.82. The molecule has 4 nitrogen and oxygen atoms in total. The zero-order valence-corrected chi connectivity index (χ0v) is 10.4. The minimum Gasteiger partial charge on any atom is -0.435 e. The molecule has 102 valence electrons. The standard InChI is InChI=1S/C14H11F2N3O/c15-14(16)20-12-5-3-10(4-6-12)9-19-13-11(8-17)2-1-7-18-13/h1-7,14H,9H2,(H,18,19). The van der Waals surface area contributed by atoms with Crippen molar-refractivity contribution in [1.82, 2.24) is 4.98 Å². The van der Waals surface area contributed by atoms with Crippen molar-refractivity contribution in [2.45, 2.75) is 13.2 Å². The number of pyridine rings is 1. The van der Waals surface area contributed by atoms with E-state index in [9.17, 15) is 8.78 Å². The van der Waals surface area contributed by atoms with Crippen LogP contribution >= 0.6 is 0 Å². The summed E-state index contributed by atoms with van der Waals surface area (Å²) in [5.74, 6) is 0.599. The molecule has 1 aromatic carbocycles. The van der Waals surface area contributed by atoms with Gasteiger partial charge >= 0.3 is 6.61 Å². The topological polar surface area (TPSA) is 57.9 Å². The van der Waals surface area contributed by atoms with Crippen LogP contribution in [0.25, 0.3) is 0 Å². The number of aromatic nitrogens is 1. The predicted octanol–water partition coefficient (Wildman–Crippen LogP) is 3.17. The van der Waals surface area contributed by atoms with Crippen molar-refractivity contribution < 1.29 is 13.5 Å². The number of alkyl halides is 2. The average molecular weight is 275 g/mol. The van der Waals surface area contributed by atoms with E-state index in [4.69, 9.17) is 5.26 Å².